The monoisotopic (exact) mass is 277 g/mol. The maximum atomic E-state index is 12.7. The van der Waals surface area contributed by atoms with Crippen LogP contribution in [0.15, 0.2) is 35.8 Å². The first-order valence-electron chi connectivity index (χ1n) is 5.55. The van der Waals surface area contributed by atoms with Crippen LogP contribution in [0, 0.1) is 12.7 Å². The number of hydrogen-bond donors (Lipinski definition) is 2. The molecule has 2 aromatic rings. The standard InChI is InChI=1S/C13H12FN3OS/c1-9-8-19-13(16-9)17-12(18)15-7-6-10-2-4-11(14)5-3-10/h2-8H,1H3,(H2,15,16,17,18)/b7-6+. The largest absolute Gasteiger partial charge is 0.325 e. The van der Waals surface area contributed by atoms with E-state index >= 15 is 0 Å². The topological polar surface area (TPSA) is 54.0 Å². The summed E-state index contributed by atoms with van der Waals surface area (Å²) in [4.78, 5) is 15.6. The second-order valence-electron chi connectivity index (χ2n) is 3.78. The maximum Gasteiger partial charge on any atom is 0.325 e. The van der Waals surface area contributed by atoms with Crippen LogP contribution < -0.4 is 10.6 Å². The molecule has 0 atom stereocenters. The zero-order valence-corrected chi connectivity index (χ0v) is 11.0. The SMILES string of the molecule is Cc1csc(NC(=O)N/C=C/c2ccc(F)cc2)n1. The highest BCUT2D eigenvalue weighted by Gasteiger charge is 2.02. The molecule has 0 fully saturated rings. The molecule has 0 saturated heterocycles. The number of anilines is 1. The molecule has 0 bridgehead atoms. The summed E-state index contributed by atoms with van der Waals surface area (Å²) >= 11 is 1.36. The fraction of sp³-hybridized carbons (Fsp3) is 0.0769. The number of nitrogens with zero attached hydrogens (tertiary/aromatic N) is 1. The number of hydrogen-bond acceptors (Lipinski definition) is 3. The third kappa shape index (κ3) is 4.18. The minimum Gasteiger partial charge on any atom is -0.314 e. The Morgan fingerprint density at radius 1 is 1.37 bits per heavy atom. The van der Waals surface area contributed by atoms with E-state index in [1.54, 1.807) is 18.2 Å². The summed E-state index contributed by atoms with van der Waals surface area (Å²) in [7, 11) is 0. The molecule has 0 saturated carbocycles. The van der Waals surface area contributed by atoms with E-state index < -0.39 is 0 Å². The molecule has 2 N–H and O–H groups in total. The summed E-state index contributed by atoms with van der Waals surface area (Å²) in [6.07, 6.45) is 3.16. The highest BCUT2D eigenvalue weighted by atomic mass is 32.1. The highest BCUT2D eigenvalue weighted by Crippen LogP contribution is 2.13. The molecular formula is C13H12FN3OS. The van der Waals surface area contributed by atoms with Gasteiger partial charge in [0.2, 0.25) is 0 Å². The molecule has 98 valence electrons. The molecule has 4 nitrogen and oxygen atoms in total. The first kappa shape index (κ1) is 13.2. The number of thiazole rings is 1. The molecule has 0 spiro atoms. The number of nitrogens with one attached hydrogen (secondary N) is 2. The van der Waals surface area contributed by atoms with E-state index in [2.05, 4.69) is 15.6 Å². The molecule has 0 radical (unpaired) electrons. The molecule has 2 amide bonds. The zero-order chi connectivity index (χ0) is 13.7. The van der Waals surface area contributed by atoms with Crippen LogP contribution in [0.3, 0.4) is 0 Å². The van der Waals surface area contributed by atoms with Crippen LogP contribution in [-0.4, -0.2) is 11.0 Å². The van der Waals surface area contributed by atoms with Crippen molar-refractivity contribution in [2.45, 2.75) is 6.92 Å². The van der Waals surface area contributed by atoms with Crippen LogP contribution in [-0.2, 0) is 0 Å². The molecule has 0 unspecified atom stereocenters. The lowest BCUT2D eigenvalue weighted by atomic mass is 10.2. The van der Waals surface area contributed by atoms with Crippen LogP contribution >= 0.6 is 11.3 Å². The van der Waals surface area contributed by atoms with E-state index in [4.69, 9.17) is 0 Å². The Balaban J connectivity index is 1.84. The van der Waals surface area contributed by atoms with Gasteiger partial charge in [0.1, 0.15) is 5.82 Å². The van der Waals surface area contributed by atoms with Crippen molar-refractivity contribution >= 4 is 28.6 Å². The summed E-state index contributed by atoms with van der Waals surface area (Å²) in [5.41, 5.74) is 1.66. The number of amides is 2. The van der Waals surface area contributed by atoms with Gasteiger partial charge in [-0.3, -0.25) is 5.32 Å². The van der Waals surface area contributed by atoms with Gasteiger partial charge in [0.25, 0.3) is 0 Å². The molecule has 0 aliphatic rings. The lowest BCUT2D eigenvalue weighted by Gasteiger charge is -2.00. The number of aryl methyl sites for hydroxylation is 1. The van der Waals surface area contributed by atoms with Crippen molar-refractivity contribution in [3.8, 4) is 0 Å². The Labute approximate surface area is 114 Å². The van der Waals surface area contributed by atoms with E-state index in [1.165, 1.54) is 29.7 Å². The first-order chi connectivity index (χ1) is 9.13. The van der Waals surface area contributed by atoms with Crippen molar-refractivity contribution in [3.63, 3.8) is 0 Å². The van der Waals surface area contributed by atoms with Gasteiger partial charge in [-0.2, -0.15) is 0 Å². The average Bonchev–Trinajstić information content (AvgIpc) is 2.77. The number of aromatic nitrogens is 1. The zero-order valence-electron chi connectivity index (χ0n) is 10.2. The summed E-state index contributed by atoms with van der Waals surface area (Å²) in [5, 5.41) is 7.55. The summed E-state index contributed by atoms with van der Waals surface area (Å²) in [6, 6.07) is 5.59. The van der Waals surface area contributed by atoms with E-state index in [0.29, 0.717) is 5.13 Å². The molecule has 1 heterocycles. The fourth-order valence-corrected chi connectivity index (χ4v) is 2.02. The van der Waals surface area contributed by atoms with Gasteiger partial charge < -0.3 is 5.32 Å². The van der Waals surface area contributed by atoms with Crippen molar-refractivity contribution in [2.75, 3.05) is 5.32 Å². The van der Waals surface area contributed by atoms with Crippen molar-refractivity contribution in [3.05, 3.63) is 52.9 Å². The minimum atomic E-state index is -0.368. The van der Waals surface area contributed by atoms with Crippen molar-refractivity contribution in [2.24, 2.45) is 0 Å². The van der Waals surface area contributed by atoms with Gasteiger partial charge in [0.15, 0.2) is 5.13 Å². The molecule has 19 heavy (non-hydrogen) atoms. The molecule has 6 heteroatoms. The number of urea groups is 1. The predicted molar refractivity (Wildman–Crippen MR) is 74.4 cm³/mol. The van der Waals surface area contributed by atoms with Crippen LogP contribution in [0.1, 0.15) is 11.3 Å². The number of halogens is 1. The Morgan fingerprint density at radius 3 is 2.74 bits per heavy atom. The van der Waals surface area contributed by atoms with E-state index in [9.17, 15) is 9.18 Å². The molecule has 0 aliphatic carbocycles. The lowest BCUT2D eigenvalue weighted by Crippen LogP contribution is -2.23. The number of carbonyl (C=O) groups excluding carboxylic acids is 1. The Morgan fingerprint density at radius 2 is 2.11 bits per heavy atom. The average molecular weight is 277 g/mol. The first-order valence-corrected chi connectivity index (χ1v) is 6.43. The van der Waals surface area contributed by atoms with Gasteiger partial charge in [0.05, 0.1) is 5.69 Å². The van der Waals surface area contributed by atoms with Crippen LogP contribution in [0.5, 0.6) is 0 Å². The van der Waals surface area contributed by atoms with E-state index in [1.807, 2.05) is 12.3 Å². The van der Waals surface area contributed by atoms with Gasteiger partial charge in [-0.05, 0) is 30.7 Å². The Bertz CT molecular complexity index is 592. The summed E-state index contributed by atoms with van der Waals surface area (Å²) in [6.45, 7) is 1.86. The normalized spacial score (nSPS) is 10.6. The Kier molecular flexibility index (Phi) is 4.25. The smallest absolute Gasteiger partial charge is 0.314 e. The van der Waals surface area contributed by atoms with Crippen molar-refractivity contribution < 1.29 is 9.18 Å². The second kappa shape index (κ2) is 6.10. The van der Waals surface area contributed by atoms with E-state index in [0.717, 1.165) is 11.3 Å². The quantitative estimate of drug-likeness (QED) is 0.903. The van der Waals surface area contributed by atoms with Gasteiger partial charge in [0, 0.05) is 11.6 Å². The van der Waals surface area contributed by atoms with E-state index in [-0.39, 0.29) is 11.8 Å². The minimum absolute atomic E-state index is 0.290. The molecule has 0 aliphatic heterocycles. The highest BCUT2D eigenvalue weighted by molar-refractivity contribution is 7.13. The third-order valence-electron chi connectivity index (χ3n) is 2.20. The molecule has 2 rings (SSSR count). The number of rotatable bonds is 3. The van der Waals surface area contributed by atoms with Gasteiger partial charge in [-0.1, -0.05) is 12.1 Å². The van der Waals surface area contributed by atoms with Gasteiger partial charge in [-0.25, -0.2) is 14.2 Å². The fourth-order valence-electron chi connectivity index (χ4n) is 1.33. The van der Waals surface area contributed by atoms with Gasteiger partial charge in [-0.15, -0.1) is 11.3 Å². The lowest BCUT2D eigenvalue weighted by molar-refractivity contribution is 0.255. The third-order valence-corrected chi connectivity index (χ3v) is 3.08. The number of benzene rings is 1. The van der Waals surface area contributed by atoms with Crippen LogP contribution in [0.25, 0.3) is 6.08 Å². The summed E-state index contributed by atoms with van der Waals surface area (Å²) < 4.78 is 12.7. The van der Waals surface area contributed by atoms with Crippen LogP contribution in [0.2, 0.25) is 0 Å². The summed E-state index contributed by atoms with van der Waals surface area (Å²) in [5.74, 6) is -0.290. The molecular weight excluding hydrogens is 265 g/mol. The van der Waals surface area contributed by atoms with Crippen LogP contribution in [0.4, 0.5) is 14.3 Å². The molecule has 1 aromatic carbocycles. The van der Waals surface area contributed by atoms with Gasteiger partial charge >= 0.3 is 6.03 Å². The predicted octanol–water partition coefficient (Wildman–Crippen LogP) is 3.38. The van der Waals surface area contributed by atoms with Crippen molar-refractivity contribution in [1.82, 2.24) is 10.3 Å². The maximum absolute atomic E-state index is 12.7. The Hall–Kier alpha value is -2.21. The molecule has 1 aromatic heterocycles. The number of carbonyl (C=O) groups is 1. The second-order valence-corrected chi connectivity index (χ2v) is 4.64. The van der Waals surface area contributed by atoms with Crippen molar-refractivity contribution in [1.29, 1.82) is 0 Å².